The van der Waals surface area contributed by atoms with Crippen molar-refractivity contribution in [1.29, 1.82) is 0 Å². The lowest BCUT2D eigenvalue weighted by Crippen LogP contribution is -2.54. The number of nitrogens with zero attached hydrogens (tertiary/aromatic N) is 1. The van der Waals surface area contributed by atoms with Crippen LogP contribution < -0.4 is 10.6 Å². The van der Waals surface area contributed by atoms with E-state index in [9.17, 15) is 22.4 Å². The van der Waals surface area contributed by atoms with Crippen molar-refractivity contribution in [1.82, 2.24) is 10.3 Å². The van der Waals surface area contributed by atoms with Crippen LogP contribution in [0.2, 0.25) is 0 Å². The van der Waals surface area contributed by atoms with Crippen LogP contribution in [0.4, 0.5) is 23.2 Å². The van der Waals surface area contributed by atoms with E-state index in [-0.39, 0.29) is 12.8 Å². The molecule has 2 N–H and O–H groups in total. The molecule has 1 amide bonds. The van der Waals surface area contributed by atoms with Gasteiger partial charge in [0.05, 0.1) is 11.3 Å². The first kappa shape index (κ1) is 21.5. The topological polar surface area (TPSA) is 54.0 Å². The normalized spacial score (nSPS) is 12.1. The van der Waals surface area contributed by atoms with Crippen LogP contribution in [0.25, 0.3) is 10.8 Å². The van der Waals surface area contributed by atoms with Gasteiger partial charge in [0.25, 0.3) is 5.91 Å². The Kier molecular flexibility index (Phi) is 5.96. The molecule has 3 rings (SSSR count). The largest absolute Gasteiger partial charge is 0.421 e. The summed E-state index contributed by atoms with van der Waals surface area (Å²) in [5, 5.41) is 6.99. The van der Waals surface area contributed by atoms with Gasteiger partial charge in [-0.25, -0.2) is 4.39 Å². The van der Waals surface area contributed by atoms with Gasteiger partial charge in [0.1, 0.15) is 17.0 Å². The average molecular weight is 419 g/mol. The minimum Gasteiger partial charge on any atom is -0.362 e. The second kappa shape index (κ2) is 8.30. The van der Waals surface area contributed by atoms with Crippen molar-refractivity contribution in [2.45, 2.75) is 38.5 Å². The maximum atomic E-state index is 14.0. The highest BCUT2D eigenvalue weighted by Gasteiger charge is 2.39. The SMILES string of the molecule is CCC(CC)(NC(=O)c1cncc2ccccc12)Nc1cccc(F)c1C(F)(F)F. The van der Waals surface area contributed by atoms with Gasteiger partial charge >= 0.3 is 6.18 Å². The number of nitrogens with one attached hydrogen (secondary N) is 2. The molecule has 0 aliphatic rings. The molecule has 0 radical (unpaired) electrons. The molecule has 0 aliphatic heterocycles. The molecule has 8 heteroatoms. The van der Waals surface area contributed by atoms with E-state index in [4.69, 9.17) is 0 Å². The van der Waals surface area contributed by atoms with Crippen LogP contribution in [0.1, 0.15) is 42.6 Å². The highest BCUT2D eigenvalue weighted by Crippen LogP contribution is 2.38. The number of amides is 1. The summed E-state index contributed by atoms with van der Waals surface area (Å²) in [6, 6.07) is 10.3. The molecule has 1 aromatic heterocycles. The van der Waals surface area contributed by atoms with Gasteiger partial charge in [-0.3, -0.25) is 9.78 Å². The Hall–Kier alpha value is -3.16. The Bertz CT molecular complexity index is 1060. The third-order valence-electron chi connectivity index (χ3n) is 5.14. The Labute approximate surface area is 171 Å². The summed E-state index contributed by atoms with van der Waals surface area (Å²) in [4.78, 5) is 17.1. The molecule has 0 saturated carbocycles. The number of aromatic nitrogens is 1. The van der Waals surface area contributed by atoms with E-state index in [1.54, 1.807) is 32.2 Å². The number of halogens is 4. The summed E-state index contributed by atoms with van der Waals surface area (Å²) in [6.45, 7) is 3.45. The number of anilines is 1. The standard InChI is InChI=1S/C22H21F4N3O/c1-3-21(4-2,28-18-11-7-10-17(23)19(18)22(24,25)26)29-20(30)16-13-27-12-14-8-5-6-9-15(14)16/h5-13,28H,3-4H2,1-2H3,(H,29,30). The molecule has 0 spiro atoms. The third kappa shape index (κ3) is 4.22. The van der Waals surface area contributed by atoms with Crippen molar-refractivity contribution in [2.75, 3.05) is 5.32 Å². The Morgan fingerprint density at radius 3 is 2.37 bits per heavy atom. The first-order valence-corrected chi connectivity index (χ1v) is 9.50. The quantitative estimate of drug-likeness (QED) is 0.395. The Balaban J connectivity index is 1.98. The fraction of sp³-hybridized carbons (Fsp3) is 0.273. The molecule has 1 heterocycles. The highest BCUT2D eigenvalue weighted by molar-refractivity contribution is 6.06. The van der Waals surface area contributed by atoms with Crippen LogP contribution in [0, 0.1) is 5.82 Å². The van der Waals surface area contributed by atoms with E-state index in [2.05, 4.69) is 15.6 Å². The first-order valence-electron chi connectivity index (χ1n) is 9.50. The lowest BCUT2D eigenvalue weighted by Gasteiger charge is -2.36. The molecule has 0 fully saturated rings. The van der Waals surface area contributed by atoms with Crippen molar-refractivity contribution in [2.24, 2.45) is 0 Å². The fourth-order valence-corrected chi connectivity index (χ4v) is 3.39. The summed E-state index contributed by atoms with van der Waals surface area (Å²) < 4.78 is 54.2. The molecule has 0 aliphatic carbocycles. The van der Waals surface area contributed by atoms with E-state index < -0.39 is 34.8 Å². The van der Waals surface area contributed by atoms with Crippen LogP contribution in [-0.2, 0) is 6.18 Å². The zero-order valence-corrected chi connectivity index (χ0v) is 16.5. The Morgan fingerprint density at radius 2 is 1.70 bits per heavy atom. The first-order chi connectivity index (χ1) is 14.2. The number of hydrogen-bond donors (Lipinski definition) is 2. The predicted molar refractivity (Wildman–Crippen MR) is 108 cm³/mol. The van der Waals surface area contributed by atoms with Crippen molar-refractivity contribution < 1.29 is 22.4 Å². The van der Waals surface area contributed by atoms with Gasteiger partial charge < -0.3 is 10.6 Å². The van der Waals surface area contributed by atoms with E-state index in [0.29, 0.717) is 10.9 Å². The number of rotatable bonds is 6. The van der Waals surface area contributed by atoms with Crippen LogP contribution in [0.15, 0.2) is 54.9 Å². The molecule has 4 nitrogen and oxygen atoms in total. The summed E-state index contributed by atoms with van der Waals surface area (Å²) in [5.74, 6) is -1.86. The molecular formula is C22H21F4N3O. The van der Waals surface area contributed by atoms with E-state index in [0.717, 1.165) is 17.5 Å². The molecule has 0 bridgehead atoms. The highest BCUT2D eigenvalue weighted by atomic mass is 19.4. The van der Waals surface area contributed by atoms with Gasteiger partial charge in [0, 0.05) is 17.8 Å². The van der Waals surface area contributed by atoms with Gasteiger partial charge in [-0.05, 0) is 30.4 Å². The van der Waals surface area contributed by atoms with E-state index >= 15 is 0 Å². The van der Waals surface area contributed by atoms with E-state index in [1.807, 2.05) is 12.1 Å². The average Bonchev–Trinajstić information content (AvgIpc) is 2.71. The number of hydrogen-bond acceptors (Lipinski definition) is 3. The van der Waals surface area contributed by atoms with E-state index in [1.165, 1.54) is 12.3 Å². The predicted octanol–water partition coefficient (Wildman–Crippen LogP) is 5.75. The zero-order valence-electron chi connectivity index (χ0n) is 16.5. The molecule has 0 saturated heterocycles. The number of pyridine rings is 1. The fourth-order valence-electron chi connectivity index (χ4n) is 3.39. The third-order valence-corrected chi connectivity index (χ3v) is 5.14. The van der Waals surface area contributed by atoms with Crippen molar-refractivity contribution in [3.05, 3.63) is 71.8 Å². The molecule has 3 aromatic rings. The molecular weight excluding hydrogens is 398 g/mol. The summed E-state index contributed by atoms with van der Waals surface area (Å²) in [5.41, 5.74) is -2.74. The maximum absolute atomic E-state index is 14.0. The summed E-state index contributed by atoms with van der Waals surface area (Å²) in [7, 11) is 0. The maximum Gasteiger partial charge on any atom is 0.421 e. The van der Waals surface area contributed by atoms with Crippen LogP contribution in [0.5, 0.6) is 0 Å². The Morgan fingerprint density at radius 1 is 1.00 bits per heavy atom. The number of carbonyl (C=O) groups excluding carboxylic acids is 1. The number of carbonyl (C=O) groups is 1. The number of fused-ring (bicyclic) bond motifs is 1. The second-order valence-electron chi connectivity index (χ2n) is 6.94. The second-order valence-corrected chi connectivity index (χ2v) is 6.94. The molecule has 0 atom stereocenters. The molecule has 158 valence electrons. The van der Waals surface area contributed by atoms with Crippen LogP contribution in [-0.4, -0.2) is 16.6 Å². The van der Waals surface area contributed by atoms with Crippen LogP contribution in [0.3, 0.4) is 0 Å². The van der Waals surface area contributed by atoms with Crippen LogP contribution >= 0.6 is 0 Å². The monoisotopic (exact) mass is 419 g/mol. The van der Waals surface area contributed by atoms with Crippen molar-refractivity contribution in [3.63, 3.8) is 0 Å². The lowest BCUT2D eigenvalue weighted by molar-refractivity contribution is -0.139. The van der Waals surface area contributed by atoms with Crippen molar-refractivity contribution >= 4 is 22.4 Å². The minimum atomic E-state index is -4.88. The smallest absolute Gasteiger partial charge is 0.362 e. The molecule has 0 unspecified atom stereocenters. The lowest BCUT2D eigenvalue weighted by atomic mass is 10.00. The zero-order chi connectivity index (χ0) is 21.9. The minimum absolute atomic E-state index is 0.265. The van der Waals surface area contributed by atoms with Gasteiger partial charge in [0.2, 0.25) is 0 Å². The van der Waals surface area contributed by atoms with Gasteiger partial charge in [0.15, 0.2) is 0 Å². The van der Waals surface area contributed by atoms with Gasteiger partial charge in [-0.1, -0.05) is 44.2 Å². The van der Waals surface area contributed by atoms with Gasteiger partial charge in [-0.15, -0.1) is 0 Å². The number of alkyl halides is 3. The summed E-state index contributed by atoms with van der Waals surface area (Å²) in [6.07, 6.45) is -1.32. The summed E-state index contributed by atoms with van der Waals surface area (Å²) >= 11 is 0. The van der Waals surface area contributed by atoms with Gasteiger partial charge in [-0.2, -0.15) is 13.2 Å². The molecule has 30 heavy (non-hydrogen) atoms. The number of benzene rings is 2. The molecule has 2 aromatic carbocycles. The van der Waals surface area contributed by atoms with Crippen molar-refractivity contribution in [3.8, 4) is 0 Å².